The van der Waals surface area contributed by atoms with Crippen LogP contribution >= 0.6 is 0 Å². The largest absolute Gasteiger partial charge is 0.477 e. The molecule has 0 radical (unpaired) electrons. The minimum absolute atomic E-state index is 0.0862. The Labute approximate surface area is 150 Å². The number of rotatable bonds is 6. The molecule has 3 aromatic rings. The maximum absolute atomic E-state index is 12.3. The van der Waals surface area contributed by atoms with Crippen molar-refractivity contribution in [3.05, 3.63) is 42.0 Å². The number of benzene rings is 1. The second-order valence-corrected chi connectivity index (χ2v) is 5.93. The summed E-state index contributed by atoms with van der Waals surface area (Å²) in [6, 6.07) is 11.0. The number of aromatic nitrogens is 2. The monoisotopic (exact) mass is 353 g/mol. The lowest BCUT2D eigenvalue weighted by Gasteiger charge is -2.10. The van der Waals surface area contributed by atoms with E-state index in [9.17, 15) is 14.7 Å². The van der Waals surface area contributed by atoms with Crippen molar-refractivity contribution in [3.63, 3.8) is 0 Å². The molecule has 0 aliphatic rings. The Hall–Kier alpha value is -3.22. The average Bonchev–Trinajstić information content (AvgIpc) is 3.06. The van der Waals surface area contributed by atoms with E-state index in [1.54, 1.807) is 6.07 Å². The number of amides is 1. The van der Waals surface area contributed by atoms with Crippen molar-refractivity contribution in [2.75, 3.05) is 5.32 Å². The van der Waals surface area contributed by atoms with Crippen LogP contribution in [0.5, 0.6) is 0 Å². The van der Waals surface area contributed by atoms with Crippen LogP contribution in [0.25, 0.3) is 22.3 Å². The third kappa shape index (κ3) is 3.28. The highest BCUT2D eigenvalue weighted by Gasteiger charge is 2.27. The maximum Gasteiger partial charge on any atom is 0.343 e. The van der Waals surface area contributed by atoms with Crippen molar-refractivity contribution in [1.29, 1.82) is 0 Å². The fourth-order valence-corrected chi connectivity index (χ4v) is 2.82. The molecular formula is C19H19N3O4. The quantitative estimate of drug-likeness (QED) is 0.695. The number of fused-ring (bicyclic) bond motifs is 1. The van der Waals surface area contributed by atoms with Gasteiger partial charge in [0, 0.05) is 11.3 Å². The molecule has 2 aromatic heterocycles. The first-order chi connectivity index (χ1) is 12.5. The number of carboxylic acid groups (broad SMARTS) is 1. The molecule has 7 nitrogen and oxygen atoms in total. The summed E-state index contributed by atoms with van der Waals surface area (Å²) >= 11 is 0. The van der Waals surface area contributed by atoms with Crippen LogP contribution in [0.4, 0.5) is 5.88 Å². The van der Waals surface area contributed by atoms with E-state index in [1.807, 2.05) is 44.2 Å². The number of nitrogens with one attached hydrogen (secondary N) is 1. The standard InChI is InChI=1S/C19H19N3O4/c1-3-11(4-2)17(23)21-18-15(19(24)25)16(22-26-18)14-10-9-12-7-5-6-8-13(12)20-14/h5-11H,3-4H2,1-2H3,(H,21,23)(H,24,25). The van der Waals surface area contributed by atoms with Gasteiger partial charge in [0.05, 0.1) is 11.2 Å². The molecule has 0 saturated heterocycles. The Balaban J connectivity index is 2.01. The van der Waals surface area contributed by atoms with Gasteiger partial charge in [-0.2, -0.15) is 0 Å². The molecule has 0 atom stereocenters. The van der Waals surface area contributed by atoms with E-state index in [1.165, 1.54) is 0 Å². The molecule has 0 aliphatic heterocycles. The van der Waals surface area contributed by atoms with Crippen LogP contribution < -0.4 is 5.32 Å². The maximum atomic E-state index is 12.3. The van der Waals surface area contributed by atoms with Gasteiger partial charge in [0.25, 0.3) is 0 Å². The Bertz CT molecular complexity index is 960. The first-order valence-electron chi connectivity index (χ1n) is 8.45. The lowest BCUT2D eigenvalue weighted by atomic mass is 10.0. The number of carbonyl (C=O) groups is 2. The highest BCUT2D eigenvalue weighted by Crippen LogP contribution is 2.29. The van der Waals surface area contributed by atoms with Crippen molar-refractivity contribution < 1.29 is 19.2 Å². The van der Waals surface area contributed by atoms with Gasteiger partial charge in [0.2, 0.25) is 11.8 Å². The summed E-state index contributed by atoms with van der Waals surface area (Å²) in [5.74, 6) is -1.91. The number of hydrogen-bond acceptors (Lipinski definition) is 5. The van der Waals surface area contributed by atoms with E-state index in [0.717, 1.165) is 5.39 Å². The molecule has 3 rings (SSSR count). The predicted octanol–water partition coefficient (Wildman–Crippen LogP) is 3.96. The fourth-order valence-electron chi connectivity index (χ4n) is 2.82. The van der Waals surface area contributed by atoms with Gasteiger partial charge in [-0.3, -0.25) is 10.1 Å². The number of anilines is 1. The van der Waals surface area contributed by atoms with Crippen molar-refractivity contribution >= 4 is 28.7 Å². The summed E-state index contributed by atoms with van der Waals surface area (Å²) in [4.78, 5) is 28.5. The summed E-state index contributed by atoms with van der Waals surface area (Å²) in [7, 11) is 0. The molecule has 0 bridgehead atoms. The summed E-state index contributed by atoms with van der Waals surface area (Å²) < 4.78 is 5.13. The van der Waals surface area contributed by atoms with Crippen LogP contribution in [-0.4, -0.2) is 27.1 Å². The number of para-hydroxylation sites is 1. The van der Waals surface area contributed by atoms with Gasteiger partial charge in [0.1, 0.15) is 5.69 Å². The van der Waals surface area contributed by atoms with Crippen molar-refractivity contribution in [2.24, 2.45) is 5.92 Å². The van der Waals surface area contributed by atoms with Gasteiger partial charge in [0.15, 0.2) is 5.56 Å². The third-order valence-electron chi connectivity index (χ3n) is 4.34. The Kier molecular flexibility index (Phi) is 4.97. The highest BCUT2D eigenvalue weighted by molar-refractivity contribution is 6.03. The third-order valence-corrected chi connectivity index (χ3v) is 4.34. The van der Waals surface area contributed by atoms with Gasteiger partial charge in [-0.1, -0.05) is 43.3 Å². The summed E-state index contributed by atoms with van der Waals surface area (Å²) in [6.45, 7) is 3.80. The highest BCUT2D eigenvalue weighted by atomic mass is 16.5. The number of carbonyl (C=O) groups excluding carboxylic acids is 1. The molecule has 0 saturated carbocycles. The van der Waals surface area contributed by atoms with Gasteiger partial charge in [-0.25, -0.2) is 9.78 Å². The molecule has 26 heavy (non-hydrogen) atoms. The molecule has 134 valence electrons. The summed E-state index contributed by atoms with van der Waals surface area (Å²) in [5, 5.41) is 16.9. The molecule has 0 spiro atoms. The SMILES string of the molecule is CCC(CC)C(=O)Nc1onc(-c2ccc3ccccc3n2)c1C(=O)O. The van der Waals surface area contributed by atoms with E-state index in [0.29, 0.717) is 24.1 Å². The number of hydrogen-bond donors (Lipinski definition) is 2. The topological polar surface area (TPSA) is 105 Å². The van der Waals surface area contributed by atoms with Gasteiger partial charge < -0.3 is 9.63 Å². The van der Waals surface area contributed by atoms with Crippen LogP contribution in [0.3, 0.4) is 0 Å². The van der Waals surface area contributed by atoms with Crippen molar-refractivity contribution in [3.8, 4) is 11.4 Å². The second kappa shape index (κ2) is 7.35. The summed E-state index contributed by atoms with van der Waals surface area (Å²) in [6.07, 6.45) is 1.30. The van der Waals surface area contributed by atoms with Gasteiger partial charge in [-0.15, -0.1) is 0 Å². The first kappa shape index (κ1) is 17.6. The number of aromatic carboxylic acids is 1. The second-order valence-electron chi connectivity index (χ2n) is 5.93. The number of pyridine rings is 1. The van der Waals surface area contributed by atoms with E-state index >= 15 is 0 Å². The number of carboxylic acids is 1. The molecule has 1 amide bonds. The predicted molar refractivity (Wildman–Crippen MR) is 96.9 cm³/mol. The molecule has 2 heterocycles. The zero-order valence-corrected chi connectivity index (χ0v) is 14.5. The molecule has 7 heteroatoms. The normalized spacial score (nSPS) is 11.0. The van der Waals surface area contributed by atoms with Gasteiger partial charge >= 0.3 is 5.97 Å². The van der Waals surface area contributed by atoms with Crippen LogP contribution in [-0.2, 0) is 4.79 Å². The number of nitrogens with zero attached hydrogens (tertiary/aromatic N) is 2. The molecule has 2 N–H and O–H groups in total. The molecule has 0 unspecified atom stereocenters. The Morgan fingerprint density at radius 3 is 2.58 bits per heavy atom. The smallest absolute Gasteiger partial charge is 0.343 e. The molecular weight excluding hydrogens is 334 g/mol. The van der Waals surface area contributed by atoms with E-state index in [-0.39, 0.29) is 29.0 Å². The lowest BCUT2D eigenvalue weighted by Crippen LogP contribution is -2.22. The van der Waals surface area contributed by atoms with E-state index < -0.39 is 5.97 Å². The molecule has 0 aliphatic carbocycles. The minimum Gasteiger partial charge on any atom is -0.477 e. The fraction of sp³-hybridized carbons (Fsp3) is 0.263. The Morgan fingerprint density at radius 1 is 1.15 bits per heavy atom. The molecule has 1 aromatic carbocycles. The van der Waals surface area contributed by atoms with Crippen LogP contribution in [0.2, 0.25) is 0 Å². The van der Waals surface area contributed by atoms with E-state index in [4.69, 9.17) is 4.52 Å². The van der Waals surface area contributed by atoms with Crippen LogP contribution in [0.1, 0.15) is 37.0 Å². The summed E-state index contributed by atoms with van der Waals surface area (Å²) in [5.41, 5.74) is 0.968. The van der Waals surface area contributed by atoms with Crippen molar-refractivity contribution in [1.82, 2.24) is 10.1 Å². The van der Waals surface area contributed by atoms with Crippen LogP contribution in [0, 0.1) is 5.92 Å². The van der Waals surface area contributed by atoms with Crippen molar-refractivity contribution in [2.45, 2.75) is 26.7 Å². The van der Waals surface area contributed by atoms with Gasteiger partial charge in [-0.05, 0) is 25.0 Å². The zero-order valence-electron chi connectivity index (χ0n) is 14.5. The lowest BCUT2D eigenvalue weighted by molar-refractivity contribution is -0.120. The van der Waals surface area contributed by atoms with Crippen LogP contribution in [0.15, 0.2) is 40.9 Å². The molecule has 0 fully saturated rings. The zero-order chi connectivity index (χ0) is 18.7. The average molecular weight is 353 g/mol. The minimum atomic E-state index is -1.24. The Morgan fingerprint density at radius 2 is 1.88 bits per heavy atom. The first-order valence-corrected chi connectivity index (χ1v) is 8.45. The van der Waals surface area contributed by atoms with E-state index in [2.05, 4.69) is 15.5 Å².